The van der Waals surface area contributed by atoms with Crippen molar-refractivity contribution in [2.45, 2.75) is 19.4 Å². The van der Waals surface area contributed by atoms with Crippen molar-refractivity contribution >= 4 is 44.8 Å². The average molecular weight is 374 g/mol. The molecule has 3 N–H and O–H groups in total. The lowest BCUT2D eigenvalue weighted by atomic mass is 10.1. The molecule has 0 saturated carbocycles. The minimum Gasteiger partial charge on any atom is -0.380 e. The third-order valence-electron chi connectivity index (χ3n) is 3.57. The van der Waals surface area contributed by atoms with E-state index in [9.17, 15) is 9.59 Å². The van der Waals surface area contributed by atoms with Crippen LogP contribution in [0.1, 0.15) is 23.7 Å². The van der Waals surface area contributed by atoms with Crippen molar-refractivity contribution in [2.75, 3.05) is 16.0 Å². The molecule has 0 fully saturated rings. The summed E-state index contributed by atoms with van der Waals surface area (Å²) in [6, 6.07) is 12.6. The molecule has 23 heavy (non-hydrogen) atoms. The standard InChI is InChI=1S/C17H16BrN3O2/c1-10-9-15(22)21-14-4-2-3-13(16(14)19-10)17(23)20-12-7-5-11(18)6-8-12/h2-8,10,19H,9H2,1H3,(H,20,23)(H,21,22)/t10-/m1/s1. The molecule has 1 aliphatic heterocycles. The Kier molecular flexibility index (Phi) is 4.34. The van der Waals surface area contributed by atoms with Crippen molar-refractivity contribution in [3.8, 4) is 0 Å². The van der Waals surface area contributed by atoms with Gasteiger partial charge < -0.3 is 16.0 Å². The number of anilines is 3. The summed E-state index contributed by atoms with van der Waals surface area (Å²) in [5.41, 5.74) is 2.49. The number of carbonyl (C=O) groups is 2. The number of carbonyl (C=O) groups excluding carboxylic acids is 2. The van der Waals surface area contributed by atoms with Gasteiger partial charge in [0, 0.05) is 22.6 Å². The Labute approximate surface area is 142 Å². The van der Waals surface area contributed by atoms with Crippen LogP contribution in [0.2, 0.25) is 0 Å². The molecule has 2 aromatic rings. The molecule has 0 bridgehead atoms. The van der Waals surface area contributed by atoms with Crippen molar-refractivity contribution in [3.63, 3.8) is 0 Å². The first-order chi connectivity index (χ1) is 11.0. The molecule has 0 saturated heterocycles. The van der Waals surface area contributed by atoms with Crippen LogP contribution in [0.4, 0.5) is 17.1 Å². The summed E-state index contributed by atoms with van der Waals surface area (Å²) in [5, 5.41) is 8.95. The first kappa shape index (κ1) is 15.6. The topological polar surface area (TPSA) is 70.2 Å². The average Bonchev–Trinajstić information content (AvgIpc) is 2.65. The van der Waals surface area contributed by atoms with Gasteiger partial charge in [0.15, 0.2) is 0 Å². The molecule has 5 nitrogen and oxygen atoms in total. The lowest BCUT2D eigenvalue weighted by Crippen LogP contribution is -2.20. The number of halogens is 1. The summed E-state index contributed by atoms with van der Waals surface area (Å²) in [7, 11) is 0. The smallest absolute Gasteiger partial charge is 0.257 e. The second kappa shape index (κ2) is 6.42. The van der Waals surface area contributed by atoms with Crippen LogP contribution < -0.4 is 16.0 Å². The number of hydrogen-bond donors (Lipinski definition) is 3. The number of nitrogens with one attached hydrogen (secondary N) is 3. The van der Waals surface area contributed by atoms with Crippen LogP contribution in [0.5, 0.6) is 0 Å². The minimum atomic E-state index is -0.222. The number of hydrogen-bond acceptors (Lipinski definition) is 3. The summed E-state index contributed by atoms with van der Waals surface area (Å²) in [4.78, 5) is 24.4. The predicted octanol–water partition coefficient (Wildman–Crippen LogP) is 3.84. The molecule has 0 aliphatic carbocycles. The zero-order valence-corrected chi connectivity index (χ0v) is 14.1. The van der Waals surface area contributed by atoms with E-state index in [-0.39, 0.29) is 17.9 Å². The minimum absolute atomic E-state index is 0.0436. The maximum Gasteiger partial charge on any atom is 0.257 e. The Morgan fingerprint density at radius 2 is 1.96 bits per heavy atom. The molecule has 118 valence electrons. The van der Waals surface area contributed by atoms with Gasteiger partial charge in [-0.05, 0) is 43.3 Å². The van der Waals surface area contributed by atoms with Crippen LogP contribution in [-0.4, -0.2) is 17.9 Å². The third-order valence-corrected chi connectivity index (χ3v) is 4.10. The van der Waals surface area contributed by atoms with Crippen molar-refractivity contribution in [1.82, 2.24) is 0 Å². The highest BCUT2D eigenvalue weighted by atomic mass is 79.9. The van der Waals surface area contributed by atoms with E-state index < -0.39 is 0 Å². The lowest BCUT2D eigenvalue weighted by Gasteiger charge is -2.16. The second-order valence-electron chi connectivity index (χ2n) is 5.49. The largest absolute Gasteiger partial charge is 0.380 e. The molecule has 1 aliphatic rings. The first-order valence-corrected chi connectivity index (χ1v) is 8.08. The number of amides is 2. The van der Waals surface area contributed by atoms with Crippen molar-refractivity contribution < 1.29 is 9.59 Å². The Morgan fingerprint density at radius 3 is 2.70 bits per heavy atom. The fourth-order valence-electron chi connectivity index (χ4n) is 2.51. The molecule has 0 unspecified atom stereocenters. The van der Waals surface area contributed by atoms with E-state index in [1.165, 1.54) is 0 Å². The summed E-state index contributed by atoms with van der Waals surface area (Å²) >= 11 is 3.36. The van der Waals surface area contributed by atoms with Crippen LogP contribution in [0, 0.1) is 0 Å². The quantitative estimate of drug-likeness (QED) is 0.748. The van der Waals surface area contributed by atoms with E-state index in [1.54, 1.807) is 18.2 Å². The SMILES string of the molecule is C[C@@H]1CC(=O)Nc2cccc(C(=O)Nc3ccc(Br)cc3)c2N1. The number of rotatable bonds is 2. The van der Waals surface area contributed by atoms with E-state index in [2.05, 4.69) is 31.9 Å². The summed E-state index contributed by atoms with van der Waals surface area (Å²) in [5.74, 6) is -0.283. The fourth-order valence-corrected chi connectivity index (χ4v) is 2.77. The summed E-state index contributed by atoms with van der Waals surface area (Å²) in [6.45, 7) is 1.91. The Morgan fingerprint density at radius 1 is 1.22 bits per heavy atom. The summed E-state index contributed by atoms with van der Waals surface area (Å²) < 4.78 is 0.947. The zero-order valence-electron chi connectivity index (χ0n) is 12.5. The van der Waals surface area contributed by atoms with Crippen molar-refractivity contribution in [3.05, 3.63) is 52.5 Å². The van der Waals surface area contributed by atoms with Crippen LogP contribution in [-0.2, 0) is 4.79 Å². The highest BCUT2D eigenvalue weighted by Crippen LogP contribution is 2.30. The molecular weight excluding hydrogens is 358 g/mol. The maximum atomic E-state index is 12.6. The van der Waals surface area contributed by atoms with Crippen LogP contribution in [0.25, 0.3) is 0 Å². The third kappa shape index (κ3) is 3.53. The Bertz CT molecular complexity index is 759. The molecule has 6 heteroatoms. The molecule has 2 aromatic carbocycles. The predicted molar refractivity (Wildman–Crippen MR) is 94.9 cm³/mol. The van der Waals surface area contributed by atoms with E-state index in [0.717, 1.165) is 4.47 Å². The van der Waals surface area contributed by atoms with Gasteiger partial charge in [-0.15, -0.1) is 0 Å². The number of benzene rings is 2. The molecule has 0 radical (unpaired) electrons. The highest BCUT2D eigenvalue weighted by Gasteiger charge is 2.22. The molecule has 1 atom stereocenters. The molecule has 1 heterocycles. The summed E-state index contributed by atoms with van der Waals surface area (Å²) in [6.07, 6.45) is 0.364. The Hall–Kier alpha value is -2.34. The van der Waals surface area contributed by atoms with Crippen molar-refractivity contribution in [1.29, 1.82) is 0 Å². The lowest BCUT2D eigenvalue weighted by molar-refractivity contribution is -0.116. The number of fused-ring (bicyclic) bond motifs is 1. The van der Waals surface area contributed by atoms with Crippen LogP contribution >= 0.6 is 15.9 Å². The van der Waals surface area contributed by atoms with Crippen LogP contribution in [0.3, 0.4) is 0 Å². The van der Waals surface area contributed by atoms with E-state index in [4.69, 9.17) is 0 Å². The van der Waals surface area contributed by atoms with Crippen molar-refractivity contribution in [2.24, 2.45) is 0 Å². The zero-order chi connectivity index (χ0) is 16.4. The van der Waals surface area contributed by atoms with E-state index in [0.29, 0.717) is 29.0 Å². The van der Waals surface area contributed by atoms with Gasteiger partial charge in [-0.2, -0.15) is 0 Å². The van der Waals surface area contributed by atoms with Gasteiger partial charge in [-0.1, -0.05) is 22.0 Å². The van der Waals surface area contributed by atoms with Gasteiger partial charge in [-0.3, -0.25) is 9.59 Å². The molecule has 3 rings (SSSR count). The molecular formula is C17H16BrN3O2. The number of para-hydroxylation sites is 1. The van der Waals surface area contributed by atoms with Gasteiger partial charge in [0.05, 0.1) is 16.9 Å². The van der Waals surface area contributed by atoms with Gasteiger partial charge in [0.2, 0.25) is 5.91 Å². The van der Waals surface area contributed by atoms with Gasteiger partial charge in [-0.25, -0.2) is 0 Å². The molecule has 0 aromatic heterocycles. The van der Waals surface area contributed by atoms with Gasteiger partial charge >= 0.3 is 0 Å². The first-order valence-electron chi connectivity index (χ1n) is 7.29. The molecule has 2 amide bonds. The normalized spacial score (nSPS) is 16.6. The van der Waals surface area contributed by atoms with Crippen LogP contribution in [0.15, 0.2) is 46.9 Å². The Balaban J connectivity index is 1.91. The maximum absolute atomic E-state index is 12.6. The second-order valence-corrected chi connectivity index (χ2v) is 6.40. The van der Waals surface area contributed by atoms with Gasteiger partial charge in [0.1, 0.15) is 0 Å². The van der Waals surface area contributed by atoms with E-state index >= 15 is 0 Å². The van der Waals surface area contributed by atoms with Gasteiger partial charge in [0.25, 0.3) is 5.91 Å². The van der Waals surface area contributed by atoms with E-state index in [1.807, 2.05) is 31.2 Å². The highest BCUT2D eigenvalue weighted by molar-refractivity contribution is 9.10. The fraction of sp³-hybridized carbons (Fsp3) is 0.176. The molecule has 0 spiro atoms. The monoisotopic (exact) mass is 373 g/mol.